The van der Waals surface area contributed by atoms with Crippen LogP contribution in [0.3, 0.4) is 0 Å². The highest BCUT2D eigenvalue weighted by Gasteiger charge is 2.34. The Hall–Kier alpha value is -3.22. The Morgan fingerprint density at radius 1 is 1.28 bits per heavy atom. The summed E-state index contributed by atoms with van der Waals surface area (Å²) in [5, 5.41) is 12.2. The number of aliphatic carboxylic acids is 1. The zero-order valence-electron chi connectivity index (χ0n) is 16.4. The van der Waals surface area contributed by atoms with Crippen LogP contribution >= 0.6 is 0 Å². The van der Waals surface area contributed by atoms with Crippen molar-refractivity contribution in [2.24, 2.45) is 11.8 Å². The number of hydrogen-bond donors (Lipinski definition) is 2. The molecule has 3 rings (SSSR count). The highest BCUT2D eigenvalue weighted by Crippen LogP contribution is 2.20. The van der Waals surface area contributed by atoms with Crippen LogP contribution in [0.25, 0.3) is 0 Å². The quantitative estimate of drug-likeness (QED) is 0.710. The largest absolute Gasteiger partial charge is 0.481 e. The molecule has 7 nitrogen and oxygen atoms in total. The van der Waals surface area contributed by atoms with E-state index in [0.717, 1.165) is 16.8 Å². The topological polar surface area (TPSA) is 99.6 Å². The Morgan fingerprint density at radius 3 is 2.79 bits per heavy atom. The molecule has 2 aromatic rings. The molecule has 2 heterocycles. The molecule has 2 N–H and O–H groups in total. The molecule has 0 spiro atoms. The molecule has 2 atom stereocenters. The van der Waals surface area contributed by atoms with E-state index in [1.54, 1.807) is 17.2 Å². The van der Waals surface area contributed by atoms with Crippen LogP contribution in [-0.4, -0.2) is 45.9 Å². The number of amides is 2. The number of pyridine rings is 1. The molecule has 0 bridgehead atoms. The van der Waals surface area contributed by atoms with Gasteiger partial charge in [0.15, 0.2) is 0 Å². The first kappa shape index (κ1) is 20.5. The zero-order chi connectivity index (χ0) is 20.8. The Labute approximate surface area is 169 Å². The van der Waals surface area contributed by atoms with Crippen LogP contribution in [0, 0.1) is 18.8 Å². The number of nitrogens with one attached hydrogen (secondary N) is 1. The fraction of sp³-hybridized carbons (Fsp3) is 0.364. The molecule has 29 heavy (non-hydrogen) atoms. The summed E-state index contributed by atoms with van der Waals surface area (Å²) in [4.78, 5) is 42.2. The number of likely N-dealkylation sites (tertiary alicyclic amines) is 1. The molecule has 0 saturated carbocycles. The van der Waals surface area contributed by atoms with Crippen LogP contribution in [0.5, 0.6) is 0 Å². The van der Waals surface area contributed by atoms with Crippen molar-refractivity contribution in [3.05, 3.63) is 65.5 Å². The maximum absolute atomic E-state index is 12.5. The fourth-order valence-electron chi connectivity index (χ4n) is 3.53. The van der Waals surface area contributed by atoms with E-state index >= 15 is 0 Å². The van der Waals surface area contributed by atoms with E-state index in [4.69, 9.17) is 0 Å². The normalized spacial score (nSPS) is 17.2. The molecular formula is C22H25N3O4. The molecule has 0 radical (unpaired) electrons. The second kappa shape index (κ2) is 9.32. The lowest BCUT2D eigenvalue weighted by atomic mass is 9.97. The number of carboxylic acid groups (broad SMARTS) is 1. The molecule has 1 fully saturated rings. The summed E-state index contributed by atoms with van der Waals surface area (Å²) in [5.41, 5.74) is 2.75. The lowest BCUT2D eigenvalue weighted by Gasteiger charge is -2.17. The van der Waals surface area contributed by atoms with E-state index in [0.29, 0.717) is 19.5 Å². The van der Waals surface area contributed by atoms with Crippen LogP contribution < -0.4 is 5.32 Å². The minimum Gasteiger partial charge on any atom is -0.481 e. The van der Waals surface area contributed by atoms with Gasteiger partial charge in [-0.1, -0.05) is 35.9 Å². The monoisotopic (exact) mass is 395 g/mol. The Kier molecular flexibility index (Phi) is 6.59. The van der Waals surface area contributed by atoms with Gasteiger partial charge < -0.3 is 15.3 Å². The number of aromatic nitrogens is 1. The Bertz CT molecular complexity index is 885. The summed E-state index contributed by atoms with van der Waals surface area (Å²) in [6, 6.07) is 13.2. The molecule has 1 aliphatic rings. The van der Waals surface area contributed by atoms with Crippen LogP contribution in [0.4, 0.5) is 0 Å². The minimum absolute atomic E-state index is 0.0348. The highest BCUT2D eigenvalue weighted by atomic mass is 16.4. The summed E-state index contributed by atoms with van der Waals surface area (Å²) in [6.45, 7) is 2.67. The van der Waals surface area contributed by atoms with Gasteiger partial charge in [0.25, 0.3) is 0 Å². The molecule has 152 valence electrons. The van der Waals surface area contributed by atoms with Gasteiger partial charge in [0.2, 0.25) is 11.8 Å². The predicted molar refractivity (Wildman–Crippen MR) is 107 cm³/mol. The summed E-state index contributed by atoms with van der Waals surface area (Å²) in [6.07, 6.45) is 2.14. The van der Waals surface area contributed by atoms with Crippen molar-refractivity contribution in [1.82, 2.24) is 15.2 Å². The number of carbonyl (C=O) groups is 3. The van der Waals surface area contributed by atoms with E-state index in [-0.39, 0.29) is 24.8 Å². The van der Waals surface area contributed by atoms with Gasteiger partial charge in [-0.05, 0) is 31.0 Å². The molecule has 0 unspecified atom stereocenters. The smallest absolute Gasteiger partial charge is 0.308 e. The van der Waals surface area contributed by atoms with E-state index in [1.165, 1.54) is 0 Å². The van der Waals surface area contributed by atoms with Gasteiger partial charge in [0.1, 0.15) is 0 Å². The van der Waals surface area contributed by atoms with Gasteiger partial charge in [0, 0.05) is 25.7 Å². The lowest BCUT2D eigenvalue weighted by molar-refractivity contribution is -0.141. The fourth-order valence-corrected chi connectivity index (χ4v) is 3.53. The summed E-state index contributed by atoms with van der Waals surface area (Å²) in [7, 11) is 0. The van der Waals surface area contributed by atoms with Crippen molar-refractivity contribution < 1.29 is 19.5 Å². The van der Waals surface area contributed by atoms with Gasteiger partial charge in [-0.15, -0.1) is 0 Å². The number of carboxylic acids is 1. The van der Waals surface area contributed by atoms with Crippen molar-refractivity contribution in [1.29, 1.82) is 0 Å². The van der Waals surface area contributed by atoms with Crippen molar-refractivity contribution in [2.45, 2.75) is 26.3 Å². The predicted octanol–water partition coefficient (Wildman–Crippen LogP) is 1.80. The number of hydrogen-bond acceptors (Lipinski definition) is 4. The van der Waals surface area contributed by atoms with Crippen molar-refractivity contribution >= 4 is 17.8 Å². The Morgan fingerprint density at radius 2 is 2.10 bits per heavy atom. The van der Waals surface area contributed by atoms with Crippen LogP contribution in [0.2, 0.25) is 0 Å². The third kappa shape index (κ3) is 5.63. The average Bonchev–Trinajstić information content (AvgIpc) is 3.06. The molecule has 7 heteroatoms. The molecule has 1 aliphatic heterocycles. The standard InChI is InChI=1S/C22H25N3O4/c1-15-5-4-6-16(9-15)10-17(22(28)29)12-24-21(27)18-11-20(26)25(13-18)14-19-7-2-3-8-23-19/h2-9,17-18H,10-14H2,1H3,(H,24,27)(H,28,29)/t17-,18-/m1/s1. The number of benzene rings is 1. The average molecular weight is 395 g/mol. The van der Waals surface area contributed by atoms with Crippen LogP contribution in [-0.2, 0) is 27.3 Å². The first-order valence-corrected chi connectivity index (χ1v) is 9.66. The van der Waals surface area contributed by atoms with Crippen molar-refractivity contribution in [3.63, 3.8) is 0 Å². The second-order valence-electron chi connectivity index (χ2n) is 7.47. The minimum atomic E-state index is -0.953. The third-order valence-electron chi connectivity index (χ3n) is 5.10. The second-order valence-corrected chi connectivity index (χ2v) is 7.47. The first-order chi connectivity index (χ1) is 13.9. The molecular weight excluding hydrogens is 370 g/mol. The van der Waals surface area contributed by atoms with Gasteiger partial charge in [-0.25, -0.2) is 0 Å². The number of aryl methyl sites for hydroxylation is 1. The van der Waals surface area contributed by atoms with Crippen molar-refractivity contribution in [3.8, 4) is 0 Å². The molecule has 1 saturated heterocycles. The van der Waals surface area contributed by atoms with Gasteiger partial charge in [-0.3, -0.25) is 19.4 Å². The summed E-state index contributed by atoms with van der Waals surface area (Å²) >= 11 is 0. The van der Waals surface area contributed by atoms with Crippen molar-refractivity contribution in [2.75, 3.05) is 13.1 Å². The third-order valence-corrected chi connectivity index (χ3v) is 5.10. The molecule has 1 aromatic carbocycles. The molecule has 0 aliphatic carbocycles. The number of carbonyl (C=O) groups excluding carboxylic acids is 2. The van der Waals surface area contributed by atoms with Crippen LogP contribution in [0.1, 0.15) is 23.2 Å². The van der Waals surface area contributed by atoms with Gasteiger partial charge in [0.05, 0.1) is 24.1 Å². The molecule has 2 amide bonds. The van der Waals surface area contributed by atoms with E-state index in [1.807, 2.05) is 43.3 Å². The van der Waals surface area contributed by atoms with Gasteiger partial charge >= 0.3 is 5.97 Å². The maximum Gasteiger partial charge on any atom is 0.308 e. The molecule has 1 aromatic heterocycles. The lowest BCUT2D eigenvalue weighted by Crippen LogP contribution is -2.38. The SMILES string of the molecule is Cc1cccc(C[C@H](CNC(=O)[C@@H]2CC(=O)N(Cc3ccccn3)C2)C(=O)O)c1. The zero-order valence-corrected chi connectivity index (χ0v) is 16.4. The van der Waals surface area contributed by atoms with E-state index in [2.05, 4.69) is 10.3 Å². The van der Waals surface area contributed by atoms with E-state index in [9.17, 15) is 19.5 Å². The van der Waals surface area contributed by atoms with Crippen LogP contribution in [0.15, 0.2) is 48.7 Å². The first-order valence-electron chi connectivity index (χ1n) is 9.66. The highest BCUT2D eigenvalue weighted by molar-refractivity contribution is 5.89. The summed E-state index contributed by atoms with van der Waals surface area (Å²) < 4.78 is 0. The number of nitrogens with zero attached hydrogens (tertiary/aromatic N) is 2. The number of rotatable bonds is 8. The Balaban J connectivity index is 1.53. The summed E-state index contributed by atoms with van der Waals surface area (Å²) in [5.74, 6) is -2.52. The van der Waals surface area contributed by atoms with Gasteiger partial charge in [-0.2, -0.15) is 0 Å². The van der Waals surface area contributed by atoms with E-state index < -0.39 is 17.8 Å². The maximum atomic E-state index is 12.5.